The fraction of sp³-hybridized carbons (Fsp3) is 0.455. The third kappa shape index (κ3) is 2.04. The second-order valence-electron chi connectivity index (χ2n) is 3.79. The van der Waals surface area contributed by atoms with Crippen molar-refractivity contribution in [2.45, 2.75) is 35.4 Å². The van der Waals surface area contributed by atoms with Gasteiger partial charge in [-0.3, -0.25) is 0 Å². The van der Waals surface area contributed by atoms with E-state index < -0.39 is 0 Å². The Bertz CT molecular complexity index is 314. The van der Waals surface area contributed by atoms with Gasteiger partial charge < -0.3 is 11.5 Å². The molecule has 1 aromatic rings. The van der Waals surface area contributed by atoms with Crippen LogP contribution in [0.2, 0.25) is 0 Å². The Labute approximate surface area is 89.1 Å². The monoisotopic (exact) mass is 208 g/mol. The maximum atomic E-state index is 6.02. The van der Waals surface area contributed by atoms with Gasteiger partial charge in [0.05, 0.1) is 0 Å². The maximum Gasteiger partial charge on any atom is 0.0452 e. The van der Waals surface area contributed by atoms with Gasteiger partial charge in [0.15, 0.2) is 0 Å². The summed E-state index contributed by atoms with van der Waals surface area (Å²) >= 11 is 1.84. The number of hydrogen-bond donors (Lipinski definition) is 2. The first-order valence-electron chi connectivity index (χ1n) is 5.04. The summed E-state index contributed by atoms with van der Waals surface area (Å²) in [6, 6.07) is 8.36. The van der Waals surface area contributed by atoms with Crippen molar-refractivity contribution in [2.75, 3.05) is 5.73 Å². The fourth-order valence-corrected chi connectivity index (χ4v) is 3.13. The van der Waals surface area contributed by atoms with Gasteiger partial charge in [-0.15, -0.1) is 11.8 Å². The summed E-state index contributed by atoms with van der Waals surface area (Å²) in [6.07, 6.45) is 3.64. The molecule has 0 saturated heterocycles. The standard InChI is InChI=1S/C11H16N2S/c12-8-4-1-2-6-10(8)14-11-7-3-5-9(11)13/h1-2,4,6,9,11H,3,5,7,12-13H2. The Hall–Kier alpha value is -0.670. The second kappa shape index (κ2) is 4.24. The highest BCUT2D eigenvalue weighted by Gasteiger charge is 2.25. The quantitative estimate of drug-likeness (QED) is 0.733. The summed E-state index contributed by atoms with van der Waals surface area (Å²) in [6.45, 7) is 0. The van der Waals surface area contributed by atoms with Gasteiger partial charge >= 0.3 is 0 Å². The Kier molecular flexibility index (Phi) is 2.99. The van der Waals surface area contributed by atoms with E-state index in [1.807, 2.05) is 30.0 Å². The Balaban J connectivity index is 2.07. The summed E-state index contributed by atoms with van der Waals surface area (Å²) in [5.74, 6) is 0. The van der Waals surface area contributed by atoms with E-state index in [-0.39, 0.29) is 0 Å². The van der Waals surface area contributed by atoms with Crippen LogP contribution in [0.3, 0.4) is 0 Å². The zero-order chi connectivity index (χ0) is 9.97. The highest BCUT2D eigenvalue weighted by Crippen LogP contribution is 2.36. The van der Waals surface area contributed by atoms with E-state index in [1.54, 1.807) is 0 Å². The summed E-state index contributed by atoms with van der Waals surface area (Å²) in [5.41, 5.74) is 12.8. The van der Waals surface area contributed by atoms with E-state index in [0.29, 0.717) is 11.3 Å². The molecule has 1 aliphatic rings. The number of nitrogens with two attached hydrogens (primary N) is 2. The van der Waals surface area contributed by atoms with Gasteiger partial charge in [0.1, 0.15) is 0 Å². The smallest absolute Gasteiger partial charge is 0.0452 e. The lowest BCUT2D eigenvalue weighted by atomic mass is 10.3. The third-order valence-corrected chi connectivity index (χ3v) is 4.21. The van der Waals surface area contributed by atoms with Gasteiger partial charge in [-0.2, -0.15) is 0 Å². The molecule has 4 N–H and O–H groups in total. The van der Waals surface area contributed by atoms with Crippen molar-refractivity contribution in [1.29, 1.82) is 0 Å². The molecule has 0 aliphatic heterocycles. The molecule has 3 heteroatoms. The molecular formula is C11H16N2S. The molecule has 1 fully saturated rings. The summed E-state index contributed by atoms with van der Waals surface area (Å²) in [7, 11) is 0. The minimum absolute atomic E-state index is 0.347. The van der Waals surface area contributed by atoms with E-state index in [4.69, 9.17) is 11.5 Å². The Morgan fingerprint density at radius 3 is 2.64 bits per heavy atom. The van der Waals surface area contributed by atoms with Crippen LogP contribution in [-0.4, -0.2) is 11.3 Å². The lowest BCUT2D eigenvalue weighted by Gasteiger charge is -2.15. The van der Waals surface area contributed by atoms with E-state index >= 15 is 0 Å². The molecule has 0 amide bonds. The molecule has 2 rings (SSSR count). The fourth-order valence-electron chi connectivity index (χ4n) is 1.85. The van der Waals surface area contributed by atoms with Crippen molar-refractivity contribution < 1.29 is 0 Å². The van der Waals surface area contributed by atoms with Crippen molar-refractivity contribution in [3.05, 3.63) is 24.3 Å². The van der Waals surface area contributed by atoms with E-state index in [0.717, 1.165) is 12.1 Å². The van der Waals surface area contributed by atoms with Crippen molar-refractivity contribution in [3.63, 3.8) is 0 Å². The van der Waals surface area contributed by atoms with Crippen LogP contribution in [0, 0.1) is 0 Å². The Morgan fingerprint density at radius 2 is 2.00 bits per heavy atom. The molecule has 2 nitrogen and oxygen atoms in total. The summed E-state index contributed by atoms with van der Waals surface area (Å²) in [5, 5.41) is 0.555. The normalized spacial score (nSPS) is 26.6. The zero-order valence-corrected chi connectivity index (χ0v) is 8.96. The lowest BCUT2D eigenvalue weighted by molar-refractivity contribution is 0.716. The number of benzene rings is 1. The van der Waals surface area contributed by atoms with Crippen molar-refractivity contribution >= 4 is 17.4 Å². The first-order chi connectivity index (χ1) is 6.77. The molecule has 1 saturated carbocycles. The topological polar surface area (TPSA) is 52.0 Å². The van der Waals surface area contributed by atoms with Gasteiger partial charge in [0.25, 0.3) is 0 Å². The number of nitrogen functional groups attached to an aromatic ring is 1. The molecule has 0 bridgehead atoms. The average Bonchev–Trinajstić information content (AvgIpc) is 2.56. The maximum absolute atomic E-state index is 6.02. The predicted molar refractivity (Wildman–Crippen MR) is 62.3 cm³/mol. The van der Waals surface area contributed by atoms with Gasteiger partial charge in [-0.25, -0.2) is 0 Å². The number of hydrogen-bond acceptors (Lipinski definition) is 3. The van der Waals surface area contributed by atoms with E-state index in [9.17, 15) is 0 Å². The predicted octanol–water partition coefficient (Wildman–Crippen LogP) is 2.24. The molecule has 2 atom stereocenters. The molecule has 0 heterocycles. The molecule has 1 aliphatic carbocycles. The first-order valence-corrected chi connectivity index (χ1v) is 5.92. The number of para-hydroxylation sites is 1. The van der Waals surface area contributed by atoms with Gasteiger partial charge in [0.2, 0.25) is 0 Å². The van der Waals surface area contributed by atoms with Crippen LogP contribution in [0.5, 0.6) is 0 Å². The van der Waals surface area contributed by atoms with Crippen molar-refractivity contribution in [2.24, 2.45) is 5.73 Å². The first kappa shape index (κ1) is 9.87. The van der Waals surface area contributed by atoms with Crippen LogP contribution in [0.15, 0.2) is 29.2 Å². The highest BCUT2D eigenvalue weighted by atomic mass is 32.2. The van der Waals surface area contributed by atoms with Crippen molar-refractivity contribution in [1.82, 2.24) is 0 Å². The Morgan fingerprint density at radius 1 is 1.21 bits per heavy atom. The zero-order valence-electron chi connectivity index (χ0n) is 8.15. The number of thioether (sulfide) groups is 1. The second-order valence-corrected chi connectivity index (χ2v) is 5.07. The molecular weight excluding hydrogens is 192 g/mol. The molecule has 0 radical (unpaired) electrons. The van der Waals surface area contributed by atoms with Crippen LogP contribution in [-0.2, 0) is 0 Å². The van der Waals surface area contributed by atoms with Crippen LogP contribution in [0.25, 0.3) is 0 Å². The largest absolute Gasteiger partial charge is 0.398 e. The molecule has 76 valence electrons. The van der Waals surface area contributed by atoms with Crippen LogP contribution < -0.4 is 11.5 Å². The molecule has 0 aromatic heterocycles. The highest BCUT2D eigenvalue weighted by molar-refractivity contribution is 8.00. The lowest BCUT2D eigenvalue weighted by Crippen LogP contribution is -2.26. The molecule has 1 aromatic carbocycles. The van der Waals surface area contributed by atoms with E-state index in [2.05, 4.69) is 6.07 Å². The van der Waals surface area contributed by atoms with Gasteiger partial charge in [-0.05, 0) is 25.0 Å². The average molecular weight is 208 g/mol. The number of anilines is 1. The minimum atomic E-state index is 0.347. The van der Waals surface area contributed by atoms with Crippen molar-refractivity contribution in [3.8, 4) is 0 Å². The third-order valence-electron chi connectivity index (χ3n) is 2.70. The SMILES string of the molecule is Nc1ccccc1SC1CCCC1N. The number of rotatable bonds is 2. The van der Waals surface area contributed by atoms with E-state index in [1.165, 1.54) is 17.7 Å². The van der Waals surface area contributed by atoms with Gasteiger partial charge in [-0.1, -0.05) is 18.6 Å². The summed E-state index contributed by atoms with van der Waals surface area (Å²) < 4.78 is 0. The van der Waals surface area contributed by atoms with Gasteiger partial charge in [0, 0.05) is 21.9 Å². The van der Waals surface area contributed by atoms with Crippen LogP contribution >= 0.6 is 11.8 Å². The molecule has 2 unspecified atom stereocenters. The summed E-state index contributed by atoms with van der Waals surface area (Å²) in [4.78, 5) is 1.18. The van der Waals surface area contributed by atoms with Crippen LogP contribution in [0.4, 0.5) is 5.69 Å². The minimum Gasteiger partial charge on any atom is -0.398 e. The molecule has 14 heavy (non-hydrogen) atoms. The molecule has 0 spiro atoms. The van der Waals surface area contributed by atoms with Crippen LogP contribution in [0.1, 0.15) is 19.3 Å².